The summed E-state index contributed by atoms with van der Waals surface area (Å²) >= 11 is 2.32. The van der Waals surface area contributed by atoms with Crippen LogP contribution in [0, 0.1) is 3.57 Å². The monoisotopic (exact) mass is 386 g/mol. The summed E-state index contributed by atoms with van der Waals surface area (Å²) in [5.41, 5.74) is 0.800. The number of halogens is 1. The van der Waals surface area contributed by atoms with Crippen molar-refractivity contribution in [2.45, 2.75) is 64.6 Å². The first-order valence-corrected chi connectivity index (χ1v) is 8.75. The quantitative estimate of drug-likeness (QED) is 0.559. The van der Waals surface area contributed by atoms with E-state index in [1.807, 2.05) is 0 Å². The maximum Gasteiger partial charge on any atom is 0.494 e. The van der Waals surface area contributed by atoms with Gasteiger partial charge in [-0.25, -0.2) is 0 Å². The molecule has 4 heteroatoms. The Kier molecular flexibility index (Phi) is 5.19. The molecule has 0 aromatic heterocycles. The van der Waals surface area contributed by atoms with Crippen molar-refractivity contribution in [3.05, 3.63) is 27.8 Å². The summed E-state index contributed by atoms with van der Waals surface area (Å²) in [5.74, 6) is 0. The third-order valence-electron chi connectivity index (χ3n) is 4.92. The lowest BCUT2D eigenvalue weighted by atomic mass is 9.75. The van der Waals surface area contributed by atoms with E-state index in [9.17, 15) is 0 Å². The summed E-state index contributed by atoms with van der Waals surface area (Å²) < 4.78 is 14.1. The summed E-state index contributed by atoms with van der Waals surface area (Å²) in [6.07, 6.45) is 3.97. The predicted octanol–water partition coefficient (Wildman–Crippen LogP) is 4.15. The molecule has 1 saturated heterocycles. The molecule has 1 aromatic carbocycles. The smallest absolute Gasteiger partial charge is 0.399 e. The van der Waals surface area contributed by atoms with E-state index in [0.29, 0.717) is 0 Å². The molecule has 0 amide bonds. The first-order valence-electron chi connectivity index (χ1n) is 7.67. The maximum atomic E-state index is 6.45. The zero-order valence-corrected chi connectivity index (χ0v) is 15.1. The van der Waals surface area contributed by atoms with Gasteiger partial charge in [-0.05, 0) is 65.9 Å². The highest BCUT2D eigenvalue weighted by molar-refractivity contribution is 14.1. The van der Waals surface area contributed by atoms with Gasteiger partial charge in [-0.3, -0.25) is 0 Å². The number of benzene rings is 1. The van der Waals surface area contributed by atoms with E-state index in [-0.39, 0.29) is 18.3 Å². The van der Waals surface area contributed by atoms with E-state index >= 15 is 0 Å². The molecule has 0 saturated carbocycles. The Morgan fingerprint density at radius 3 is 1.60 bits per heavy atom. The molecular formula is C16H24BIO2. The Morgan fingerprint density at radius 1 is 0.850 bits per heavy atom. The summed E-state index contributed by atoms with van der Waals surface area (Å²) in [5, 5.41) is 0. The van der Waals surface area contributed by atoms with Crippen LogP contribution in [0.5, 0.6) is 0 Å². The third kappa shape index (κ3) is 2.55. The molecule has 0 unspecified atom stereocenters. The highest BCUT2D eigenvalue weighted by Gasteiger charge is 2.58. The van der Waals surface area contributed by atoms with Crippen LogP contribution in [-0.2, 0) is 9.31 Å². The summed E-state index contributed by atoms with van der Waals surface area (Å²) in [4.78, 5) is 0. The lowest BCUT2D eigenvalue weighted by Crippen LogP contribution is -2.50. The predicted molar refractivity (Wildman–Crippen MR) is 93.3 cm³/mol. The molecule has 1 aliphatic heterocycles. The Hall–Kier alpha value is -0.0651. The van der Waals surface area contributed by atoms with Crippen LogP contribution in [0.2, 0.25) is 0 Å². The minimum atomic E-state index is -0.230. The molecule has 110 valence electrons. The number of hydrogen-bond donors (Lipinski definition) is 0. The molecule has 0 aliphatic carbocycles. The van der Waals surface area contributed by atoms with Crippen molar-refractivity contribution < 1.29 is 9.31 Å². The van der Waals surface area contributed by atoms with E-state index < -0.39 is 0 Å². The molecule has 20 heavy (non-hydrogen) atoms. The van der Waals surface area contributed by atoms with Gasteiger partial charge in [0, 0.05) is 3.57 Å². The summed E-state index contributed by atoms with van der Waals surface area (Å²) in [7, 11) is -0.230. The summed E-state index contributed by atoms with van der Waals surface area (Å²) in [6, 6.07) is 8.45. The van der Waals surface area contributed by atoms with Gasteiger partial charge in [-0.2, -0.15) is 0 Å². The van der Waals surface area contributed by atoms with Crippen molar-refractivity contribution in [3.8, 4) is 0 Å². The highest BCUT2D eigenvalue weighted by Crippen LogP contribution is 2.46. The van der Waals surface area contributed by atoms with Crippen LogP contribution in [-0.4, -0.2) is 18.3 Å². The second-order valence-corrected chi connectivity index (χ2v) is 6.77. The van der Waals surface area contributed by atoms with Crippen molar-refractivity contribution in [2.75, 3.05) is 0 Å². The number of rotatable bonds is 5. The van der Waals surface area contributed by atoms with Crippen LogP contribution < -0.4 is 5.46 Å². The van der Waals surface area contributed by atoms with Gasteiger partial charge >= 0.3 is 7.12 Å². The van der Waals surface area contributed by atoms with Gasteiger partial charge in [0.25, 0.3) is 0 Å². The van der Waals surface area contributed by atoms with E-state index in [1.54, 1.807) is 0 Å². The molecule has 0 spiro atoms. The SMILES string of the molecule is CCC1(CC)OB(c2ccc(I)cc2)OC1(CC)CC. The molecule has 2 rings (SSSR count). The minimum Gasteiger partial charge on any atom is -0.399 e. The zero-order valence-electron chi connectivity index (χ0n) is 12.9. The van der Waals surface area contributed by atoms with Gasteiger partial charge in [0.2, 0.25) is 0 Å². The van der Waals surface area contributed by atoms with Crippen molar-refractivity contribution >= 4 is 35.2 Å². The molecule has 0 radical (unpaired) electrons. The van der Waals surface area contributed by atoms with E-state index in [1.165, 1.54) is 3.57 Å². The molecule has 0 N–H and O–H groups in total. The first-order chi connectivity index (χ1) is 9.56. The molecule has 1 heterocycles. The molecule has 2 nitrogen and oxygen atoms in total. The number of hydrogen-bond acceptors (Lipinski definition) is 2. The standard InChI is InChI=1S/C16H24BIO2/c1-5-15(6-2)16(7-3,8-4)20-17(19-15)13-9-11-14(18)12-10-13/h9-12H,5-8H2,1-4H3. The van der Waals surface area contributed by atoms with E-state index in [0.717, 1.165) is 31.1 Å². The largest absolute Gasteiger partial charge is 0.494 e. The third-order valence-corrected chi connectivity index (χ3v) is 5.64. The van der Waals surface area contributed by atoms with Crippen molar-refractivity contribution in [1.29, 1.82) is 0 Å². The molecule has 0 atom stereocenters. The minimum absolute atomic E-state index is 0.163. The average molecular weight is 386 g/mol. The second-order valence-electron chi connectivity index (χ2n) is 5.52. The van der Waals surface area contributed by atoms with Crippen LogP contribution in [0.3, 0.4) is 0 Å². The topological polar surface area (TPSA) is 18.5 Å². The fourth-order valence-electron chi connectivity index (χ4n) is 3.53. The lowest BCUT2D eigenvalue weighted by Gasteiger charge is -2.42. The zero-order chi connectivity index (χ0) is 14.8. The molecule has 1 aromatic rings. The van der Waals surface area contributed by atoms with Crippen LogP contribution in [0.25, 0.3) is 0 Å². The van der Waals surface area contributed by atoms with Crippen molar-refractivity contribution in [1.82, 2.24) is 0 Å². The summed E-state index contributed by atoms with van der Waals surface area (Å²) in [6.45, 7) is 8.85. The van der Waals surface area contributed by atoms with Crippen molar-refractivity contribution in [3.63, 3.8) is 0 Å². The van der Waals surface area contributed by atoms with Gasteiger partial charge in [0.05, 0.1) is 11.2 Å². The van der Waals surface area contributed by atoms with Crippen molar-refractivity contribution in [2.24, 2.45) is 0 Å². The van der Waals surface area contributed by atoms with Crippen LogP contribution >= 0.6 is 22.6 Å². The normalized spacial score (nSPS) is 20.4. The lowest BCUT2D eigenvalue weighted by molar-refractivity contribution is -0.0601. The molecule has 1 aliphatic rings. The Bertz CT molecular complexity index is 418. The first kappa shape index (κ1) is 16.3. The van der Waals surface area contributed by atoms with Crippen LogP contribution in [0.15, 0.2) is 24.3 Å². The second kappa shape index (κ2) is 6.36. The Balaban J connectivity index is 2.35. The Morgan fingerprint density at radius 2 is 1.25 bits per heavy atom. The average Bonchev–Trinajstić information content (AvgIpc) is 2.83. The fourth-order valence-corrected chi connectivity index (χ4v) is 3.89. The van der Waals surface area contributed by atoms with Gasteiger partial charge in [-0.15, -0.1) is 0 Å². The van der Waals surface area contributed by atoms with Gasteiger partial charge in [-0.1, -0.05) is 39.8 Å². The molecular weight excluding hydrogens is 362 g/mol. The Labute approximate surface area is 136 Å². The van der Waals surface area contributed by atoms with Gasteiger partial charge in [0.1, 0.15) is 0 Å². The van der Waals surface area contributed by atoms with Gasteiger partial charge in [0.15, 0.2) is 0 Å². The van der Waals surface area contributed by atoms with E-state index in [2.05, 4.69) is 74.6 Å². The van der Waals surface area contributed by atoms with Gasteiger partial charge < -0.3 is 9.31 Å². The fraction of sp³-hybridized carbons (Fsp3) is 0.625. The maximum absolute atomic E-state index is 6.45. The molecule has 1 fully saturated rings. The van der Waals surface area contributed by atoms with Crippen LogP contribution in [0.1, 0.15) is 53.4 Å². The van der Waals surface area contributed by atoms with E-state index in [4.69, 9.17) is 9.31 Å². The van der Waals surface area contributed by atoms with Crippen LogP contribution in [0.4, 0.5) is 0 Å². The molecule has 0 bridgehead atoms. The highest BCUT2D eigenvalue weighted by atomic mass is 127.